The minimum absolute atomic E-state index is 0.00684. The third kappa shape index (κ3) is 3.31. The Bertz CT molecular complexity index is 653. The Morgan fingerprint density at radius 1 is 1.15 bits per heavy atom. The molecule has 0 aliphatic rings. The number of amidine groups is 1. The highest BCUT2D eigenvalue weighted by atomic mass is 35.5. The van der Waals surface area contributed by atoms with E-state index in [-0.39, 0.29) is 5.84 Å². The van der Waals surface area contributed by atoms with Crippen molar-refractivity contribution >= 4 is 17.4 Å². The molecule has 0 aromatic heterocycles. The van der Waals surface area contributed by atoms with E-state index in [0.717, 1.165) is 5.56 Å². The van der Waals surface area contributed by atoms with Gasteiger partial charge in [0.15, 0.2) is 0 Å². The predicted molar refractivity (Wildman–Crippen MR) is 82.7 cm³/mol. The summed E-state index contributed by atoms with van der Waals surface area (Å²) in [5.74, 6) is 0.586. The zero-order valence-corrected chi connectivity index (χ0v) is 12.3. The highest BCUT2D eigenvalue weighted by molar-refractivity contribution is 6.32. The van der Waals surface area contributed by atoms with Crippen LogP contribution in [-0.2, 0) is 6.61 Å². The molecule has 0 saturated carbocycles. The molecule has 2 aromatic rings. The number of nitrogens with two attached hydrogens (primary N) is 1. The van der Waals surface area contributed by atoms with Crippen LogP contribution in [0.4, 0.5) is 0 Å². The Morgan fingerprint density at radius 3 is 2.50 bits per heavy atom. The number of halogens is 1. The molecule has 3 N–H and O–H groups in total. The lowest BCUT2D eigenvalue weighted by atomic mass is 10.1. The molecule has 0 bridgehead atoms. The summed E-state index contributed by atoms with van der Waals surface area (Å²) in [4.78, 5) is 0. The molecule has 0 saturated heterocycles. The number of benzene rings is 2. The Balaban J connectivity index is 2.10. The van der Waals surface area contributed by atoms with Crippen LogP contribution in [-0.4, -0.2) is 5.84 Å². The second kappa shape index (κ2) is 5.97. The van der Waals surface area contributed by atoms with E-state index in [0.29, 0.717) is 22.9 Å². The standard InChI is InChI=1S/C16H17ClN2O/c1-10-3-4-12(7-11(10)2)9-20-15-6-5-13(16(18)19)8-14(15)17/h3-8H,9H2,1-2H3,(H3,18,19). The van der Waals surface area contributed by atoms with Crippen LogP contribution in [0.5, 0.6) is 5.75 Å². The maximum absolute atomic E-state index is 7.36. The van der Waals surface area contributed by atoms with Crippen LogP contribution >= 0.6 is 11.6 Å². The Hall–Kier alpha value is -2.00. The molecule has 0 amide bonds. The van der Waals surface area contributed by atoms with E-state index in [1.807, 2.05) is 6.07 Å². The average Bonchev–Trinajstić information content (AvgIpc) is 2.41. The van der Waals surface area contributed by atoms with Gasteiger partial charge in [0.1, 0.15) is 18.2 Å². The van der Waals surface area contributed by atoms with Gasteiger partial charge in [-0.2, -0.15) is 0 Å². The van der Waals surface area contributed by atoms with Gasteiger partial charge in [-0.15, -0.1) is 0 Å². The van der Waals surface area contributed by atoms with Gasteiger partial charge in [0.05, 0.1) is 5.02 Å². The number of hydrogen-bond donors (Lipinski definition) is 2. The van der Waals surface area contributed by atoms with Crippen molar-refractivity contribution in [2.75, 3.05) is 0 Å². The van der Waals surface area contributed by atoms with Crippen molar-refractivity contribution in [3.8, 4) is 5.75 Å². The first-order valence-corrected chi connectivity index (χ1v) is 6.68. The van der Waals surface area contributed by atoms with E-state index in [2.05, 4.69) is 26.0 Å². The predicted octanol–water partition coefficient (Wildman–Crippen LogP) is 3.82. The molecule has 0 fully saturated rings. The molecule has 0 aliphatic heterocycles. The van der Waals surface area contributed by atoms with Gasteiger partial charge in [-0.25, -0.2) is 0 Å². The average molecular weight is 289 g/mol. The van der Waals surface area contributed by atoms with Crippen LogP contribution < -0.4 is 10.5 Å². The van der Waals surface area contributed by atoms with Gasteiger partial charge in [-0.05, 0) is 48.7 Å². The number of hydrogen-bond acceptors (Lipinski definition) is 2. The first-order chi connectivity index (χ1) is 9.47. The van der Waals surface area contributed by atoms with Gasteiger partial charge in [-0.1, -0.05) is 29.8 Å². The Morgan fingerprint density at radius 2 is 1.90 bits per heavy atom. The maximum Gasteiger partial charge on any atom is 0.138 e. The number of aryl methyl sites for hydroxylation is 2. The molecular formula is C16H17ClN2O. The van der Waals surface area contributed by atoms with Crippen molar-refractivity contribution in [1.82, 2.24) is 0 Å². The summed E-state index contributed by atoms with van der Waals surface area (Å²) in [7, 11) is 0. The molecule has 0 radical (unpaired) electrons. The first kappa shape index (κ1) is 14.4. The van der Waals surface area contributed by atoms with Gasteiger partial charge >= 0.3 is 0 Å². The van der Waals surface area contributed by atoms with E-state index >= 15 is 0 Å². The van der Waals surface area contributed by atoms with Gasteiger partial charge in [0, 0.05) is 5.56 Å². The van der Waals surface area contributed by atoms with Crippen LogP contribution in [0.15, 0.2) is 36.4 Å². The second-order valence-corrected chi connectivity index (χ2v) is 5.17. The summed E-state index contributed by atoms with van der Waals surface area (Å²) in [6.45, 7) is 4.62. The third-order valence-electron chi connectivity index (χ3n) is 3.21. The molecule has 20 heavy (non-hydrogen) atoms. The molecule has 4 heteroatoms. The van der Waals surface area contributed by atoms with Crippen LogP contribution in [0.3, 0.4) is 0 Å². The van der Waals surface area contributed by atoms with Crippen molar-refractivity contribution in [2.24, 2.45) is 5.73 Å². The molecule has 2 rings (SSSR count). The van der Waals surface area contributed by atoms with Crippen molar-refractivity contribution in [3.05, 3.63) is 63.7 Å². The van der Waals surface area contributed by atoms with Gasteiger partial charge in [0.25, 0.3) is 0 Å². The smallest absolute Gasteiger partial charge is 0.138 e. The van der Waals surface area contributed by atoms with Crippen molar-refractivity contribution < 1.29 is 4.74 Å². The summed E-state index contributed by atoms with van der Waals surface area (Å²) < 4.78 is 5.71. The van der Waals surface area contributed by atoms with Crippen LogP contribution in [0.25, 0.3) is 0 Å². The fourth-order valence-electron chi connectivity index (χ4n) is 1.84. The number of nitrogens with one attached hydrogen (secondary N) is 1. The highest BCUT2D eigenvalue weighted by Crippen LogP contribution is 2.26. The fraction of sp³-hybridized carbons (Fsp3) is 0.188. The number of ether oxygens (including phenoxy) is 1. The van der Waals surface area contributed by atoms with Gasteiger partial charge in [-0.3, -0.25) is 5.41 Å². The lowest BCUT2D eigenvalue weighted by Crippen LogP contribution is -2.10. The first-order valence-electron chi connectivity index (χ1n) is 6.30. The molecular weight excluding hydrogens is 272 g/mol. The minimum atomic E-state index is -0.00684. The molecule has 0 aliphatic carbocycles. The van der Waals surface area contributed by atoms with Crippen molar-refractivity contribution in [1.29, 1.82) is 5.41 Å². The lowest BCUT2D eigenvalue weighted by Gasteiger charge is -2.10. The molecule has 0 heterocycles. The van der Waals surface area contributed by atoms with Crippen molar-refractivity contribution in [2.45, 2.75) is 20.5 Å². The molecule has 104 valence electrons. The van der Waals surface area contributed by atoms with E-state index < -0.39 is 0 Å². The van der Waals surface area contributed by atoms with E-state index in [9.17, 15) is 0 Å². The quantitative estimate of drug-likeness (QED) is 0.664. The summed E-state index contributed by atoms with van der Waals surface area (Å²) in [6, 6.07) is 11.3. The van der Waals surface area contributed by atoms with Crippen LogP contribution in [0.1, 0.15) is 22.3 Å². The lowest BCUT2D eigenvalue weighted by molar-refractivity contribution is 0.306. The third-order valence-corrected chi connectivity index (χ3v) is 3.50. The summed E-state index contributed by atoms with van der Waals surface area (Å²) in [6.07, 6.45) is 0. The molecule has 0 spiro atoms. The van der Waals surface area contributed by atoms with Crippen molar-refractivity contribution in [3.63, 3.8) is 0 Å². The molecule has 0 atom stereocenters. The van der Waals surface area contributed by atoms with Gasteiger partial charge in [0.2, 0.25) is 0 Å². The Labute approximate surface area is 123 Å². The minimum Gasteiger partial charge on any atom is -0.487 e. The van der Waals surface area contributed by atoms with Crippen LogP contribution in [0, 0.1) is 19.3 Å². The summed E-state index contributed by atoms with van der Waals surface area (Å²) in [5, 5.41) is 7.82. The Kier molecular flexibility index (Phi) is 4.30. The van der Waals surface area contributed by atoms with E-state index in [1.54, 1.807) is 18.2 Å². The highest BCUT2D eigenvalue weighted by Gasteiger charge is 2.05. The van der Waals surface area contributed by atoms with E-state index in [1.165, 1.54) is 11.1 Å². The van der Waals surface area contributed by atoms with E-state index in [4.69, 9.17) is 27.5 Å². The molecule has 2 aromatic carbocycles. The molecule has 0 unspecified atom stereocenters. The zero-order valence-electron chi connectivity index (χ0n) is 11.5. The largest absolute Gasteiger partial charge is 0.487 e. The van der Waals surface area contributed by atoms with Gasteiger partial charge < -0.3 is 10.5 Å². The zero-order chi connectivity index (χ0) is 14.7. The fourth-order valence-corrected chi connectivity index (χ4v) is 2.07. The molecule has 3 nitrogen and oxygen atoms in total. The summed E-state index contributed by atoms with van der Waals surface area (Å²) in [5.41, 5.74) is 9.60. The monoisotopic (exact) mass is 288 g/mol. The second-order valence-electron chi connectivity index (χ2n) is 4.77. The number of nitrogen functional groups attached to an aromatic ring is 1. The van der Waals surface area contributed by atoms with Crippen LogP contribution in [0.2, 0.25) is 5.02 Å². The topological polar surface area (TPSA) is 59.1 Å². The number of rotatable bonds is 4. The SMILES string of the molecule is Cc1ccc(COc2ccc(C(=N)N)cc2Cl)cc1C. The normalized spacial score (nSPS) is 10.3. The maximum atomic E-state index is 7.36. The summed E-state index contributed by atoms with van der Waals surface area (Å²) >= 11 is 6.12.